The Hall–Kier alpha value is -2.00. The average Bonchev–Trinajstić information content (AvgIpc) is 2.66. The largest absolute Gasteiger partial charge is 0.508 e. The van der Waals surface area contributed by atoms with Gasteiger partial charge < -0.3 is 14.9 Å². The number of ether oxygens (including phenoxy) is 1. The number of aromatic hydroxyl groups is 1. The molecule has 0 spiro atoms. The highest BCUT2D eigenvalue weighted by Gasteiger charge is 2.28. The predicted molar refractivity (Wildman–Crippen MR) is 111 cm³/mol. The minimum absolute atomic E-state index is 0.0263. The van der Waals surface area contributed by atoms with Crippen LogP contribution in [0.25, 0.3) is 0 Å². The van der Waals surface area contributed by atoms with Gasteiger partial charge >= 0.3 is 0 Å². The summed E-state index contributed by atoms with van der Waals surface area (Å²) in [6.45, 7) is 13.4. The first kappa shape index (κ1) is 21.3. The van der Waals surface area contributed by atoms with Gasteiger partial charge in [-0.25, -0.2) is 0 Å². The highest BCUT2D eigenvalue weighted by atomic mass is 16.5. The monoisotopic (exact) mass is 370 g/mol. The van der Waals surface area contributed by atoms with Crippen molar-refractivity contribution in [3.63, 3.8) is 0 Å². The number of aliphatic hydroxyl groups excluding tert-OH is 1. The van der Waals surface area contributed by atoms with Crippen LogP contribution in [0.5, 0.6) is 11.5 Å². The molecule has 0 aromatic heterocycles. The zero-order valence-electron chi connectivity index (χ0n) is 17.6. The molecule has 0 radical (unpaired) electrons. The highest BCUT2D eigenvalue weighted by Crippen LogP contribution is 2.40. The van der Waals surface area contributed by atoms with Crippen molar-refractivity contribution in [3.8, 4) is 11.5 Å². The van der Waals surface area contributed by atoms with Crippen molar-refractivity contribution in [1.82, 2.24) is 0 Å². The summed E-state index contributed by atoms with van der Waals surface area (Å²) in [5.41, 5.74) is 3.83. The molecule has 2 aromatic carbocycles. The van der Waals surface area contributed by atoms with E-state index in [1.165, 1.54) is 5.56 Å². The third kappa shape index (κ3) is 4.65. The molecule has 148 valence electrons. The van der Waals surface area contributed by atoms with Crippen molar-refractivity contribution in [2.45, 2.75) is 78.4 Å². The normalized spacial score (nSPS) is 12.3. The number of rotatable bonds is 8. The van der Waals surface area contributed by atoms with Gasteiger partial charge in [0, 0.05) is 5.56 Å². The molecule has 0 aliphatic heterocycles. The molecule has 0 fully saturated rings. The van der Waals surface area contributed by atoms with Crippen LogP contribution in [0.4, 0.5) is 0 Å². The van der Waals surface area contributed by atoms with Gasteiger partial charge in [0.2, 0.25) is 0 Å². The fraction of sp³-hybridized carbons (Fsp3) is 0.500. The number of hydrogen-bond acceptors (Lipinski definition) is 3. The Kier molecular flexibility index (Phi) is 6.59. The molecule has 0 saturated heterocycles. The number of phenols is 1. The Morgan fingerprint density at radius 3 is 2.04 bits per heavy atom. The first-order valence-electron chi connectivity index (χ1n) is 9.84. The smallest absolute Gasteiger partial charge is 0.125 e. The van der Waals surface area contributed by atoms with E-state index in [1.807, 2.05) is 30.3 Å². The molecule has 2 N–H and O–H groups in total. The highest BCUT2D eigenvalue weighted by molar-refractivity contribution is 5.48. The summed E-state index contributed by atoms with van der Waals surface area (Å²) in [7, 11) is 0. The molecule has 0 amide bonds. The Balaban J connectivity index is 2.47. The molecular formula is C24H34O3. The van der Waals surface area contributed by atoms with Gasteiger partial charge in [-0.3, -0.25) is 0 Å². The second kappa shape index (κ2) is 8.35. The van der Waals surface area contributed by atoms with Crippen molar-refractivity contribution < 1.29 is 14.9 Å². The van der Waals surface area contributed by atoms with Gasteiger partial charge in [-0.1, -0.05) is 65.8 Å². The zero-order chi connectivity index (χ0) is 20.2. The lowest BCUT2D eigenvalue weighted by atomic mass is 9.74. The quantitative estimate of drug-likeness (QED) is 0.614. The van der Waals surface area contributed by atoms with Gasteiger partial charge in [0.05, 0.1) is 6.61 Å². The molecule has 2 rings (SSSR count). The Morgan fingerprint density at radius 2 is 1.44 bits per heavy atom. The summed E-state index contributed by atoms with van der Waals surface area (Å²) < 4.78 is 6.03. The summed E-state index contributed by atoms with van der Waals surface area (Å²) in [5.74, 6) is 1.00. The van der Waals surface area contributed by atoms with Crippen LogP contribution in [-0.2, 0) is 24.0 Å². The van der Waals surface area contributed by atoms with E-state index in [9.17, 15) is 10.2 Å². The molecule has 3 heteroatoms. The van der Waals surface area contributed by atoms with Gasteiger partial charge in [-0.2, -0.15) is 0 Å². The van der Waals surface area contributed by atoms with E-state index >= 15 is 0 Å². The van der Waals surface area contributed by atoms with Crippen LogP contribution in [0, 0.1) is 0 Å². The molecule has 0 unspecified atom stereocenters. The molecule has 0 heterocycles. The van der Waals surface area contributed by atoms with Crippen LogP contribution in [0.1, 0.15) is 76.6 Å². The molecule has 0 aliphatic rings. The number of para-hydroxylation sites is 1. The number of phenolic OH excluding ortho intramolecular Hbond substituents is 1. The minimum Gasteiger partial charge on any atom is -0.508 e. The standard InChI is InChI=1S/C24H34O3/c1-7-23(3,4)19-14-20(24(5,6)8-2)21(26)13-18(19)16-27-22-12-10-9-11-17(22)15-25/h9-14,25-26H,7-8,15-16H2,1-6H3. The number of aliphatic hydroxyl groups is 1. The van der Waals surface area contributed by atoms with Crippen molar-refractivity contribution in [2.75, 3.05) is 0 Å². The van der Waals surface area contributed by atoms with Gasteiger partial charge in [0.25, 0.3) is 0 Å². The molecule has 3 nitrogen and oxygen atoms in total. The van der Waals surface area contributed by atoms with Crippen LogP contribution in [0.2, 0.25) is 0 Å². The van der Waals surface area contributed by atoms with Crippen molar-refractivity contribution >= 4 is 0 Å². The topological polar surface area (TPSA) is 49.7 Å². The van der Waals surface area contributed by atoms with E-state index < -0.39 is 0 Å². The lowest BCUT2D eigenvalue weighted by Gasteiger charge is -2.31. The van der Waals surface area contributed by atoms with Crippen molar-refractivity contribution in [1.29, 1.82) is 0 Å². The number of hydrogen-bond donors (Lipinski definition) is 2. The van der Waals surface area contributed by atoms with Crippen LogP contribution in [0.15, 0.2) is 36.4 Å². The SMILES string of the molecule is CCC(C)(C)c1cc(C(C)(C)CC)c(COc2ccccc2CO)cc1O. The predicted octanol–water partition coefficient (Wildman–Crippen LogP) is 5.84. The van der Waals surface area contributed by atoms with Crippen LogP contribution in [-0.4, -0.2) is 10.2 Å². The first-order valence-corrected chi connectivity index (χ1v) is 9.84. The molecule has 0 saturated carbocycles. The molecule has 27 heavy (non-hydrogen) atoms. The van der Waals surface area contributed by atoms with E-state index in [2.05, 4.69) is 47.6 Å². The maximum Gasteiger partial charge on any atom is 0.125 e. The van der Waals surface area contributed by atoms with Crippen molar-refractivity contribution in [3.05, 3.63) is 58.7 Å². The minimum atomic E-state index is -0.0917. The van der Waals surface area contributed by atoms with Crippen LogP contribution >= 0.6 is 0 Å². The molecule has 0 bridgehead atoms. The molecular weight excluding hydrogens is 336 g/mol. The first-order chi connectivity index (χ1) is 12.7. The van der Waals surface area contributed by atoms with E-state index in [-0.39, 0.29) is 17.4 Å². The third-order valence-corrected chi connectivity index (χ3v) is 5.97. The van der Waals surface area contributed by atoms with Gasteiger partial charge in [0.1, 0.15) is 18.1 Å². The molecule has 0 atom stereocenters. The van der Waals surface area contributed by atoms with Crippen molar-refractivity contribution in [2.24, 2.45) is 0 Å². The molecule has 2 aromatic rings. The Labute approximate surface area is 164 Å². The van der Waals surface area contributed by atoms with Crippen LogP contribution in [0.3, 0.4) is 0 Å². The maximum absolute atomic E-state index is 10.7. The Bertz CT molecular complexity index is 775. The van der Waals surface area contributed by atoms with E-state index in [0.29, 0.717) is 18.1 Å². The number of benzene rings is 2. The fourth-order valence-corrected chi connectivity index (χ4v) is 3.23. The summed E-state index contributed by atoms with van der Waals surface area (Å²) in [6, 6.07) is 11.5. The lowest BCUT2D eigenvalue weighted by Crippen LogP contribution is -2.22. The summed E-state index contributed by atoms with van der Waals surface area (Å²) >= 11 is 0. The van der Waals surface area contributed by atoms with E-state index in [0.717, 1.165) is 29.5 Å². The summed E-state index contributed by atoms with van der Waals surface area (Å²) in [6.07, 6.45) is 1.94. The average molecular weight is 371 g/mol. The van der Waals surface area contributed by atoms with E-state index in [4.69, 9.17) is 4.74 Å². The summed E-state index contributed by atoms with van der Waals surface area (Å²) in [5, 5.41) is 20.2. The second-order valence-electron chi connectivity index (χ2n) is 8.56. The Morgan fingerprint density at radius 1 is 0.852 bits per heavy atom. The van der Waals surface area contributed by atoms with Gasteiger partial charge in [0.15, 0.2) is 0 Å². The van der Waals surface area contributed by atoms with Crippen LogP contribution < -0.4 is 4.74 Å². The maximum atomic E-state index is 10.7. The second-order valence-corrected chi connectivity index (χ2v) is 8.56. The summed E-state index contributed by atoms with van der Waals surface area (Å²) in [4.78, 5) is 0. The van der Waals surface area contributed by atoms with Gasteiger partial charge in [-0.05, 0) is 52.5 Å². The fourth-order valence-electron chi connectivity index (χ4n) is 3.23. The lowest BCUT2D eigenvalue weighted by molar-refractivity contribution is 0.257. The van der Waals surface area contributed by atoms with Gasteiger partial charge in [-0.15, -0.1) is 0 Å². The molecule has 0 aliphatic carbocycles. The van der Waals surface area contributed by atoms with E-state index in [1.54, 1.807) is 0 Å². The third-order valence-electron chi connectivity index (χ3n) is 5.97. The zero-order valence-corrected chi connectivity index (χ0v) is 17.6.